The van der Waals surface area contributed by atoms with E-state index in [1.165, 1.54) is 12.1 Å². The lowest BCUT2D eigenvalue weighted by Crippen LogP contribution is -2.30. The van der Waals surface area contributed by atoms with Gasteiger partial charge in [0, 0.05) is 12.0 Å². The summed E-state index contributed by atoms with van der Waals surface area (Å²) in [4.78, 5) is 16.9. The Morgan fingerprint density at radius 1 is 1.16 bits per heavy atom. The minimum Gasteiger partial charge on any atom is -0.459 e. The van der Waals surface area contributed by atoms with Gasteiger partial charge in [0.05, 0.1) is 29.9 Å². The number of benzene rings is 2. The third kappa shape index (κ3) is 5.21. The number of carbonyl (C=O) groups excluding carboxylic acids is 1. The molecule has 0 unspecified atom stereocenters. The first-order valence-corrected chi connectivity index (χ1v) is 10.6. The second-order valence-corrected chi connectivity index (χ2v) is 7.84. The molecular weight excluding hydrogens is 411 g/mol. The first-order chi connectivity index (χ1) is 15.5. The van der Waals surface area contributed by atoms with Gasteiger partial charge in [-0.25, -0.2) is 14.2 Å². The minimum atomic E-state index is -0.392. The van der Waals surface area contributed by atoms with Crippen LogP contribution in [0.2, 0.25) is 0 Å². The predicted octanol–water partition coefficient (Wildman–Crippen LogP) is 5.35. The molecular formula is C25H23FN2O4. The quantitative estimate of drug-likeness (QED) is 0.487. The number of halogens is 1. The van der Waals surface area contributed by atoms with Crippen LogP contribution in [0.3, 0.4) is 0 Å². The smallest absolute Gasteiger partial charge is 0.338 e. The monoisotopic (exact) mass is 434 g/mol. The van der Waals surface area contributed by atoms with E-state index in [4.69, 9.17) is 19.2 Å². The van der Waals surface area contributed by atoms with Crippen LogP contribution in [-0.4, -0.2) is 23.2 Å². The lowest BCUT2D eigenvalue weighted by molar-refractivity contribution is -0.0368. The van der Waals surface area contributed by atoms with Crippen molar-refractivity contribution in [1.29, 1.82) is 5.26 Å². The van der Waals surface area contributed by atoms with Crippen molar-refractivity contribution in [1.82, 2.24) is 4.98 Å². The van der Waals surface area contributed by atoms with Gasteiger partial charge in [-0.15, -0.1) is 0 Å². The second-order valence-electron chi connectivity index (χ2n) is 7.84. The molecule has 0 bridgehead atoms. The molecule has 3 aromatic rings. The minimum absolute atomic E-state index is 0.0483. The van der Waals surface area contributed by atoms with Gasteiger partial charge in [0.15, 0.2) is 0 Å². The average molecular weight is 434 g/mol. The van der Waals surface area contributed by atoms with Gasteiger partial charge in [-0.05, 0) is 74.7 Å². The maximum Gasteiger partial charge on any atom is 0.338 e. The number of oxazole rings is 1. The fourth-order valence-corrected chi connectivity index (χ4v) is 3.74. The predicted molar refractivity (Wildman–Crippen MR) is 114 cm³/mol. The van der Waals surface area contributed by atoms with Crippen molar-refractivity contribution >= 4 is 5.97 Å². The molecule has 1 heterocycles. The maximum absolute atomic E-state index is 13.1. The topological polar surface area (TPSA) is 85.4 Å². The van der Waals surface area contributed by atoms with Crippen molar-refractivity contribution in [2.24, 2.45) is 0 Å². The molecule has 0 aliphatic heterocycles. The van der Waals surface area contributed by atoms with Crippen LogP contribution in [0.1, 0.15) is 53.1 Å². The Hall–Kier alpha value is -3.50. The highest BCUT2D eigenvalue weighted by Gasteiger charge is 2.26. The van der Waals surface area contributed by atoms with Gasteiger partial charge < -0.3 is 13.9 Å². The molecule has 2 aromatic carbocycles. The molecule has 32 heavy (non-hydrogen) atoms. The number of carbonyl (C=O) groups is 1. The van der Waals surface area contributed by atoms with Crippen molar-refractivity contribution < 1.29 is 23.1 Å². The van der Waals surface area contributed by atoms with Gasteiger partial charge in [-0.2, -0.15) is 5.26 Å². The Kier molecular flexibility index (Phi) is 6.62. The summed E-state index contributed by atoms with van der Waals surface area (Å²) in [6.45, 7) is 2.11. The largest absolute Gasteiger partial charge is 0.459 e. The third-order valence-electron chi connectivity index (χ3n) is 5.54. The molecule has 0 N–H and O–H groups in total. The van der Waals surface area contributed by atoms with Gasteiger partial charge in [0.1, 0.15) is 23.4 Å². The molecule has 6 nitrogen and oxygen atoms in total. The van der Waals surface area contributed by atoms with E-state index in [9.17, 15) is 9.18 Å². The van der Waals surface area contributed by atoms with E-state index in [1.54, 1.807) is 36.4 Å². The lowest BCUT2D eigenvalue weighted by atomic mass is 9.94. The number of aromatic nitrogens is 1. The Balaban J connectivity index is 1.32. The summed E-state index contributed by atoms with van der Waals surface area (Å²) in [7, 11) is 0. The Morgan fingerprint density at radius 2 is 1.88 bits per heavy atom. The van der Waals surface area contributed by atoms with Crippen molar-refractivity contribution in [2.75, 3.05) is 0 Å². The van der Waals surface area contributed by atoms with E-state index < -0.39 is 5.97 Å². The summed E-state index contributed by atoms with van der Waals surface area (Å²) in [5.74, 6) is 0.381. The number of hydrogen-bond donors (Lipinski definition) is 0. The number of esters is 1. The van der Waals surface area contributed by atoms with Gasteiger partial charge in [-0.3, -0.25) is 0 Å². The molecule has 0 radical (unpaired) electrons. The fraction of sp³-hybridized carbons (Fsp3) is 0.320. The number of nitrogens with zero attached hydrogens (tertiary/aromatic N) is 2. The number of ether oxygens (including phenoxy) is 2. The van der Waals surface area contributed by atoms with Crippen LogP contribution in [0.4, 0.5) is 4.39 Å². The van der Waals surface area contributed by atoms with Crippen LogP contribution in [0.5, 0.6) is 0 Å². The van der Waals surface area contributed by atoms with Gasteiger partial charge in [0.2, 0.25) is 5.89 Å². The molecule has 164 valence electrons. The zero-order valence-electron chi connectivity index (χ0n) is 17.7. The number of nitriles is 1. The van der Waals surface area contributed by atoms with E-state index in [0.29, 0.717) is 40.5 Å². The van der Waals surface area contributed by atoms with Crippen molar-refractivity contribution in [3.63, 3.8) is 0 Å². The summed E-state index contributed by atoms with van der Waals surface area (Å²) in [6.07, 6.45) is 2.92. The Bertz CT molecular complexity index is 1120. The van der Waals surface area contributed by atoms with Gasteiger partial charge in [0.25, 0.3) is 0 Å². The summed E-state index contributed by atoms with van der Waals surface area (Å²) < 4.78 is 30.6. The van der Waals surface area contributed by atoms with Crippen LogP contribution in [0, 0.1) is 24.1 Å². The number of aryl methyl sites for hydroxylation is 1. The highest BCUT2D eigenvalue weighted by molar-refractivity contribution is 5.89. The third-order valence-corrected chi connectivity index (χ3v) is 5.54. The zero-order valence-corrected chi connectivity index (χ0v) is 17.7. The molecule has 1 fully saturated rings. The normalized spacial score (nSPS) is 18.2. The fourth-order valence-electron chi connectivity index (χ4n) is 3.74. The molecule has 1 aromatic heterocycles. The second kappa shape index (κ2) is 9.75. The standard InChI is InChI=1S/C25H23FN2O4/c1-16-23(28-24(31-16)18-9-11-20(26)12-10-18)15-30-21-3-2-4-22(13-21)32-25(29)19-7-5-17(14-27)6-8-19/h5-12,21-22H,2-4,13,15H2,1H3/t21-,22+/m1/s1. The van der Waals surface area contributed by atoms with E-state index in [1.807, 2.05) is 13.0 Å². The van der Waals surface area contributed by atoms with Crippen LogP contribution < -0.4 is 0 Å². The first-order valence-electron chi connectivity index (χ1n) is 10.6. The summed E-state index contributed by atoms with van der Waals surface area (Å²) in [5.41, 5.74) is 2.33. The van der Waals surface area contributed by atoms with Crippen molar-refractivity contribution in [3.05, 3.63) is 76.9 Å². The van der Waals surface area contributed by atoms with E-state index in [-0.39, 0.29) is 24.6 Å². The molecule has 0 spiro atoms. The Labute approximate surface area is 185 Å². The van der Waals surface area contributed by atoms with Crippen LogP contribution in [0.25, 0.3) is 11.5 Å². The first kappa shape index (κ1) is 21.7. The molecule has 4 rings (SSSR count). The van der Waals surface area contributed by atoms with Crippen LogP contribution in [0.15, 0.2) is 52.9 Å². The van der Waals surface area contributed by atoms with Crippen LogP contribution in [-0.2, 0) is 16.1 Å². The van der Waals surface area contributed by atoms with Gasteiger partial charge in [-0.1, -0.05) is 0 Å². The molecule has 7 heteroatoms. The SMILES string of the molecule is Cc1oc(-c2ccc(F)cc2)nc1CO[C@@H]1CCC[C@H](OC(=O)c2ccc(C#N)cc2)C1. The van der Waals surface area contributed by atoms with Gasteiger partial charge >= 0.3 is 5.97 Å². The van der Waals surface area contributed by atoms with E-state index >= 15 is 0 Å². The van der Waals surface area contributed by atoms with E-state index in [0.717, 1.165) is 19.3 Å². The molecule has 1 aliphatic carbocycles. The lowest BCUT2D eigenvalue weighted by Gasteiger charge is -2.28. The van der Waals surface area contributed by atoms with Crippen molar-refractivity contribution in [2.45, 2.75) is 51.4 Å². The molecule has 0 amide bonds. The number of hydrogen-bond acceptors (Lipinski definition) is 6. The molecule has 2 atom stereocenters. The molecule has 1 aliphatic rings. The summed E-state index contributed by atoms with van der Waals surface area (Å²) in [5, 5.41) is 8.87. The highest BCUT2D eigenvalue weighted by atomic mass is 19.1. The maximum atomic E-state index is 13.1. The van der Waals surface area contributed by atoms with Crippen LogP contribution >= 0.6 is 0 Å². The van der Waals surface area contributed by atoms with E-state index in [2.05, 4.69) is 4.98 Å². The summed E-state index contributed by atoms with van der Waals surface area (Å²) >= 11 is 0. The molecule has 0 saturated heterocycles. The molecule has 1 saturated carbocycles. The zero-order chi connectivity index (χ0) is 22.5. The summed E-state index contributed by atoms with van der Waals surface area (Å²) in [6, 6.07) is 14.4. The highest BCUT2D eigenvalue weighted by Crippen LogP contribution is 2.27. The van der Waals surface area contributed by atoms with Crippen molar-refractivity contribution in [3.8, 4) is 17.5 Å². The average Bonchev–Trinajstić information content (AvgIpc) is 3.19. The Morgan fingerprint density at radius 3 is 2.59 bits per heavy atom. The number of rotatable bonds is 6.